The second-order valence-corrected chi connectivity index (χ2v) is 18.6. The zero-order valence-corrected chi connectivity index (χ0v) is 41.4. The van der Waals surface area contributed by atoms with Gasteiger partial charge in [0, 0.05) is 12.8 Å². The Morgan fingerprint density at radius 1 is 0.452 bits per heavy atom. The number of ether oxygens (including phenoxy) is 1. The number of hydrogen-bond donors (Lipinski definition) is 3. The van der Waals surface area contributed by atoms with Gasteiger partial charge in [-0.2, -0.15) is 0 Å². The van der Waals surface area contributed by atoms with E-state index in [4.69, 9.17) is 4.74 Å². The van der Waals surface area contributed by atoms with Crippen LogP contribution >= 0.6 is 0 Å². The van der Waals surface area contributed by atoms with Gasteiger partial charge in [0.2, 0.25) is 5.91 Å². The highest BCUT2D eigenvalue weighted by molar-refractivity contribution is 5.76. The number of esters is 1. The highest BCUT2D eigenvalue weighted by Gasteiger charge is 2.20. The molecule has 3 N–H and O–H groups in total. The number of rotatable bonds is 50. The largest absolute Gasteiger partial charge is 0.466 e. The normalized spacial score (nSPS) is 12.9. The van der Waals surface area contributed by atoms with Gasteiger partial charge in [0.15, 0.2) is 0 Å². The monoisotopic (exact) mass is 872 g/mol. The van der Waals surface area contributed by atoms with Gasteiger partial charge in [0.05, 0.1) is 25.4 Å². The number of carbonyl (C=O) groups is 2. The lowest BCUT2D eigenvalue weighted by Crippen LogP contribution is -2.45. The Balaban J connectivity index is 3.42. The van der Waals surface area contributed by atoms with Crippen LogP contribution in [0.15, 0.2) is 36.5 Å². The average molecular weight is 872 g/mol. The molecule has 0 spiro atoms. The molecule has 0 aromatic heterocycles. The van der Waals surface area contributed by atoms with Crippen molar-refractivity contribution in [3.63, 3.8) is 0 Å². The molecule has 0 aromatic rings. The molecule has 0 saturated heterocycles. The van der Waals surface area contributed by atoms with E-state index in [0.29, 0.717) is 25.9 Å². The SMILES string of the molecule is CCC/C=C\C/C=C\CCCCCCCC(=O)OCCCCCCCCCCCC/C=C\CCCCCCCCCC(=O)NC(CO)C(O)CCCCCCCCCCCCC. The van der Waals surface area contributed by atoms with Crippen molar-refractivity contribution >= 4 is 11.9 Å². The molecule has 0 radical (unpaired) electrons. The summed E-state index contributed by atoms with van der Waals surface area (Å²) in [7, 11) is 0. The molecule has 0 aromatic carbocycles. The lowest BCUT2D eigenvalue weighted by atomic mass is 10.0. The molecular formula is C56H105NO5. The van der Waals surface area contributed by atoms with E-state index in [2.05, 4.69) is 55.6 Å². The molecule has 0 aliphatic rings. The Hall–Kier alpha value is -1.92. The second kappa shape index (κ2) is 51.7. The number of hydrogen-bond acceptors (Lipinski definition) is 5. The van der Waals surface area contributed by atoms with Gasteiger partial charge in [-0.1, -0.05) is 230 Å². The molecule has 0 saturated carbocycles. The van der Waals surface area contributed by atoms with Crippen LogP contribution in [0, 0.1) is 0 Å². The van der Waals surface area contributed by atoms with Gasteiger partial charge < -0.3 is 20.3 Å². The third kappa shape index (κ3) is 47.6. The van der Waals surface area contributed by atoms with Crippen molar-refractivity contribution in [3.05, 3.63) is 36.5 Å². The van der Waals surface area contributed by atoms with E-state index in [-0.39, 0.29) is 18.5 Å². The number of carbonyl (C=O) groups excluding carboxylic acids is 2. The topological polar surface area (TPSA) is 95.9 Å². The number of allylic oxidation sites excluding steroid dienone is 6. The van der Waals surface area contributed by atoms with Crippen LogP contribution in [0.5, 0.6) is 0 Å². The first kappa shape index (κ1) is 60.1. The van der Waals surface area contributed by atoms with Gasteiger partial charge in [-0.3, -0.25) is 9.59 Å². The minimum absolute atomic E-state index is 0.00768. The molecule has 364 valence electrons. The second-order valence-electron chi connectivity index (χ2n) is 18.6. The van der Waals surface area contributed by atoms with Crippen molar-refractivity contribution in [2.24, 2.45) is 0 Å². The number of unbranched alkanes of at least 4 members (excludes halogenated alkanes) is 33. The van der Waals surface area contributed by atoms with Crippen LogP contribution in [0.3, 0.4) is 0 Å². The number of aliphatic hydroxyl groups excluding tert-OH is 2. The summed E-state index contributed by atoms with van der Waals surface area (Å²) in [5, 5.41) is 23.1. The van der Waals surface area contributed by atoms with E-state index in [1.165, 1.54) is 199 Å². The highest BCUT2D eigenvalue weighted by atomic mass is 16.5. The summed E-state index contributed by atoms with van der Waals surface area (Å²) in [6.07, 6.45) is 62.7. The lowest BCUT2D eigenvalue weighted by Gasteiger charge is -2.22. The summed E-state index contributed by atoms with van der Waals surface area (Å²) >= 11 is 0. The Morgan fingerprint density at radius 2 is 0.839 bits per heavy atom. The zero-order valence-electron chi connectivity index (χ0n) is 41.4. The third-order valence-corrected chi connectivity index (χ3v) is 12.4. The minimum Gasteiger partial charge on any atom is -0.466 e. The van der Waals surface area contributed by atoms with Gasteiger partial charge in [0.25, 0.3) is 0 Å². The quantitative estimate of drug-likeness (QED) is 0.0321. The fourth-order valence-corrected chi connectivity index (χ4v) is 8.20. The van der Waals surface area contributed by atoms with Crippen molar-refractivity contribution < 1.29 is 24.5 Å². The van der Waals surface area contributed by atoms with Gasteiger partial charge in [0.1, 0.15) is 0 Å². The van der Waals surface area contributed by atoms with E-state index in [1.807, 2.05) is 0 Å². The predicted octanol–water partition coefficient (Wildman–Crippen LogP) is 16.5. The molecule has 2 atom stereocenters. The molecule has 6 nitrogen and oxygen atoms in total. The third-order valence-electron chi connectivity index (χ3n) is 12.4. The first-order chi connectivity index (χ1) is 30.5. The Morgan fingerprint density at radius 3 is 1.31 bits per heavy atom. The molecule has 1 amide bonds. The summed E-state index contributed by atoms with van der Waals surface area (Å²) in [5.74, 6) is -0.0522. The number of nitrogens with one attached hydrogen (secondary N) is 1. The van der Waals surface area contributed by atoms with Crippen molar-refractivity contribution in [2.45, 2.75) is 296 Å². The van der Waals surface area contributed by atoms with Crippen molar-refractivity contribution in [1.29, 1.82) is 0 Å². The molecule has 62 heavy (non-hydrogen) atoms. The Kier molecular flexibility index (Phi) is 50.1. The fourth-order valence-electron chi connectivity index (χ4n) is 8.20. The molecule has 0 aliphatic carbocycles. The standard InChI is InChI=1S/C56H105NO5/c1-3-5-7-9-11-13-15-25-30-34-38-42-46-50-56(61)62-51-47-43-39-35-31-27-24-22-20-18-16-17-19-21-23-26-29-33-37-41-45-49-55(60)57-53(52-58)54(59)48-44-40-36-32-28-14-12-10-8-6-4-2/h7,9,13,15,17,19,53-54,58-59H,3-6,8,10-12,14,16,18,20-52H2,1-2H3,(H,57,60)/b9-7-,15-13-,19-17-. The van der Waals surface area contributed by atoms with Gasteiger partial charge in [-0.15, -0.1) is 0 Å². The first-order valence-electron chi connectivity index (χ1n) is 27.2. The van der Waals surface area contributed by atoms with Gasteiger partial charge in [-0.25, -0.2) is 0 Å². The van der Waals surface area contributed by atoms with Gasteiger partial charge >= 0.3 is 5.97 Å². The smallest absolute Gasteiger partial charge is 0.305 e. The molecule has 0 rings (SSSR count). The first-order valence-corrected chi connectivity index (χ1v) is 27.2. The van der Waals surface area contributed by atoms with E-state index in [1.54, 1.807) is 0 Å². The van der Waals surface area contributed by atoms with E-state index >= 15 is 0 Å². The average Bonchev–Trinajstić information content (AvgIpc) is 3.27. The summed E-state index contributed by atoms with van der Waals surface area (Å²) in [6, 6.07) is -0.546. The van der Waals surface area contributed by atoms with E-state index < -0.39 is 12.1 Å². The van der Waals surface area contributed by atoms with Crippen LogP contribution in [0.25, 0.3) is 0 Å². The molecule has 0 heterocycles. The molecule has 0 fully saturated rings. The van der Waals surface area contributed by atoms with Gasteiger partial charge in [-0.05, 0) is 77.0 Å². The highest BCUT2D eigenvalue weighted by Crippen LogP contribution is 2.16. The van der Waals surface area contributed by atoms with Crippen LogP contribution in [-0.2, 0) is 14.3 Å². The summed E-state index contributed by atoms with van der Waals surface area (Å²) in [5.41, 5.74) is 0. The van der Waals surface area contributed by atoms with Crippen LogP contribution < -0.4 is 5.32 Å². The fraction of sp³-hybridized carbons (Fsp3) is 0.857. The lowest BCUT2D eigenvalue weighted by molar-refractivity contribution is -0.143. The molecule has 0 aliphatic heterocycles. The Bertz CT molecular complexity index is 1010. The van der Waals surface area contributed by atoms with E-state index in [0.717, 1.165) is 51.4 Å². The van der Waals surface area contributed by atoms with Crippen molar-refractivity contribution in [2.75, 3.05) is 13.2 Å². The maximum Gasteiger partial charge on any atom is 0.305 e. The number of aliphatic hydroxyl groups is 2. The predicted molar refractivity (Wildman–Crippen MR) is 269 cm³/mol. The summed E-state index contributed by atoms with van der Waals surface area (Å²) < 4.78 is 5.46. The molecule has 0 bridgehead atoms. The molecular weight excluding hydrogens is 767 g/mol. The molecule has 2 unspecified atom stereocenters. The minimum atomic E-state index is -0.668. The maximum absolute atomic E-state index is 12.4. The zero-order chi connectivity index (χ0) is 45.1. The van der Waals surface area contributed by atoms with Crippen molar-refractivity contribution in [3.8, 4) is 0 Å². The van der Waals surface area contributed by atoms with Crippen LogP contribution in [0.1, 0.15) is 284 Å². The summed E-state index contributed by atoms with van der Waals surface area (Å²) in [6.45, 7) is 4.86. The van der Waals surface area contributed by atoms with Crippen LogP contribution in [0.2, 0.25) is 0 Å². The molecule has 6 heteroatoms. The maximum atomic E-state index is 12.4. The van der Waals surface area contributed by atoms with Crippen LogP contribution in [0.4, 0.5) is 0 Å². The number of amides is 1. The summed E-state index contributed by atoms with van der Waals surface area (Å²) in [4.78, 5) is 24.4. The Labute approximate surface area is 385 Å². The van der Waals surface area contributed by atoms with Crippen molar-refractivity contribution in [1.82, 2.24) is 5.32 Å². The van der Waals surface area contributed by atoms with E-state index in [9.17, 15) is 19.8 Å². The van der Waals surface area contributed by atoms with Crippen LogP contribution in [-0.4, -0.2) is 47.4 Å².